The molecule has 1 aromatic carbocycles. The third-order valence-corrected chi connectivity index (χ3v) is 3.19. The van der Waals surface area contributed by atoms with Crippen molar-refractivity contribution >= 4 is 11.8 Å². The van der Waals surface area contributed by atoms with Crippen molar-refractivity contribution in [1.82, 2.24) is 4.90 Å². The molecular weight excluding hydrogens is 361 g/mol. The van der Waals surface area contributed by atoms with Crippen LogP contribution in [-0.2, 0) is 17.0 Å². The van der Waals surface area contributed by atoms with Crippen molar-refractivity contribution in [3.05, 3.63) is 29.3 Å². The van der Waals surface area contributed by atoms with Gasteiger partial charge in [0.25, 0.3) is 0 Å². The molecule has 1 aromatic rings. The van der Waals surface area contributed by atoms with Gasteiger partial charge in [-0.2, -0.15) is 26.3 Å². The van der Waals surface area contributed by atoms with Gasteiger partial charge in [0.1, 0.15) is 0 Å². The Morgan fingerprint density at radius 3 is 2.00 bits per heavy atom. The minimum atomic E-state index is -6.21. The first-order valence-electron chi connectivity index (χ1n) is 6.69. The second-order valence-electron chi connectivity index (χ2n) is 5.38. The highest BCUT2D eigenvalue weighted by atomic mass is 19.4. The Morgan fingerprint density at radius 1 is 1.08 bits per heavy atom. The third-order valence-electron chi connectivity index (χ3n) is 3.19. The molecule has 0 aliphatic heterocycles. The number of carbonyl (C=O) groups is 1. The van der Waals surface area contributed by atoms with Crippen LogP contribution in [0.5, 0.6) is 0 Å². The smallest absolute Gasteiger partial charge is 0.435 e. The summed E-state index contributed by atoms with van der Waals surface area (Å²) in [5.74, 6) is 0. The van der Waals surface area contributed by atoms with Gasteiger partial charge in [0, 0.05) is 17.8 Å². The molecule has 0 heterocycles. The normalized spacial score (nSPS) is 13.1. The van der Waals surface area contributed by atoms with Crippen molar-refractivity contribution in [3.63, 3.8) is 0 Å². The summed E-state index contributed by atoms with van der Waals surface area (Å²) in [4.78, 5) is 12.7. The number of carbonyl (C=O) groups excluding carboxylic acids is 1. The van der Waals surface area contributed by atoms with Crippen molar-refractivity contribution in [2.24, 2.45) is 0 Å². The molecule has 0 saturated heterocycles. The first-order valence-corrected chi connectivity index (χ1v) is 6.69. The molecule has 1 N–H and O–H groups in total. The van der Waals surface area contributed by atoms with E-state index >= 15 is 0 Å². The van der Waals surface area contributed by atoms with Gasteiger partial charge in [0.05, 0.1) is 7.11 Å². The Bertz CT molecular complexity index is 613. The molecule has 25 heavy (non-hydrogen) atoms. The highest BCUT2D eigenvalue weighted by Gasteiger charge is 2.73. The van der Waals surface area contributed by atoms with Crippen molar-refractivity contribution in [1.29, 1.82) is 0 Å². The van der Waals surface area contributed by atoms with E-state index in [0.29, 0.717) is 12.1 Å². The first-order chi connectivity index (χ1) is 11.2. The molecule has 4 nitrogen and oxygen atoms in total. The molecule has 0 aromatic heterocycles. The summed E-state index contributed by atoms with van der Waals surface area (Å²) >= 11 is 0. The number of hydrogen-bond acceptors (Lipinski definition) is 3. The molecule has 0 aliphatic rings. The molecule has 0 spiro atoms. The van der Waals surface area contributed by atoms with Gasteiger partial charge in [-0.25, -0.2) is 9.18 Å². The zero-order valence-corrected chi connectivity index (χ0v) is 13.3. The third kappa shape index (κ3) is 4.33. The Morgan fingerprint density at radius 2 is 1.60 bits per heavy atom. The highest BCUT2D eigenvalue weighted by molar-refractivity contribution is 5.85. The summed E-state index contributed by atoms with van der Waals surface area (Å²) in [5.41, 5.74) is -7.41. The number of halogens is 7. The average molecular weight is 376 g/mol. The molecule has 11 heteroatoms. The van der Waals surface area contributed by atoms with Crippen LogP contribution in [0.4, 0.5) is 41.2 Å². The molecule has 0 unspecified atom stereocenters. The van der Waals surface area contributed by atoms with E-state index in [1.54, 1.807) is 0 Å². The lowest BCUT2D eigenvalue weighted by molar-refractivity contribution is -0.348. The van der Waals surface area contributed by atoms with Crippen LogP contribution in [0.2, 0.25) is 0 Å². The molecule has 1 rings (SSSR count). The van der Waals surface area contributed by atoms with Crippen LogP contribution >= 0.6 is 0 Å². The predicted octanol–water partition coefficient (Wildman–Crippen LogP) is 4.22. The van der Waals surface area contributed by atoms with Crippen molar-refractivity contribution < 1.29 is 40.3 Å². The summed E-state index contributed by atoms with van der Waals surface area (Å²) in [7, 11) is 4.00. The maximum absolute atomic E-state index is 14.1. The Labute approximate surface area is 138 Å². The molecule has 0 radical (unpaired) electrons. The van der Waals surface area contributed by atoms with Crippen LogP contribution in [0.1, 0.15) is 11.1 Å². The highest BCUT2D eigenvalue weighted by Crippen LogP contribution is 2.53. The number of ether oxygens (including phenoxy) is 1. The number of nitrogens with one attached hydrogen (secondary N) is 1. The minimum absolute atomic E-state index is 0.101. The van der Waals surface area contributed by atoms with E-state index in [4.69, 9.17) is 0 Å². The molecule has 0 bridgehead atoms. The average Bonchev–Trinajstić information content (AvgIpc) is 2.45. The number of nitrogens with zero attached hydrogens (tertiary/aromatic N) is 1. The zero-order chi connectivity index (χ0) is 19.6. The summed E-state index contributed by atoms with van der Waals surface area (Å²) in [5, 5.41) is 2.15. The lowest BCUT2D eigenvalue weighted by Gasteiger charge is -2.31. The van der Waals surface area contributed by atoms with E-state index < -0.39 is 29.7 Å². The van der Waals surface area contributed by atoms with Gasteiger partial charge in [0.15, 0.2) is 0 Å². The van der Waals surface area contributed by atoms with Gasteiger partial charge in [-0.15, -0.1) is 0 Å². The summed E-state index contributed by atoms with van der Waals surface area (Å²) in [6, 6.07) is 1.51. The SMILES string of the molecule is COC(=O)Nc1ccc(C(F)(C(F)(F)F)C(F)(F)F)cc1CN(C)C. The monoisotopic (exact) mass is 376 g/mol. The van der Waals surface area contributed by atoms with E-state index in [1.807, 2.05) is 0 Å². The first kappa shape index (κ1) is 21.0. The zero-order valence-electron chi connectivity index (χ0n) is 13.3. The second-order valence-corrected chi connectivity index (χ2v) is 5.38. The van der Waals surface area contributed by atoms with Crippen LogP contribution < -0.4 is 5.32 Å². The molecule has 142 valence electrons. The summed E-state index contributed by atoms with van der Waals surface area (Å²) in [6.07, 6.45) is -13.4. The fourth-order valence-corrected chi connectivity index (χ4v) is 2.05. The van der Waals surface area contributed by atoms with Gasteiger partial charge in [0.2, 0.25) is 0 Å². The van der Waals surface area contributed by atoms with Crippen LogP contribution in [0.3, 0.4) is 0 Å². The minimum Gasteiger partial charge on any atom is -0.453 e. The maximum atomic E-state index is 14.1. The van der Waals surface area contributed by atoms with Gasteiger partial charge in [-0.1, -0.05) is 6.07 Å². The Hall–Kier alpha value is -2.04. The lowest BCUT2D eigenvalue weighted by Crippen LogP contribution is -2.50. The number of benzene rings is 1. The van der Waals surface area contributed by atoms with Gasteiger partial charge in [-0.3, -0.25) is 5.32 Å². The van der Waals surface area contributed by atoms with Crippen LogP contribution in [0.15, 0.2) is 18.2 Å². The molecular formula is C14H15F7N2O2. The van der Waals surface area contributed by atoms with Gasteiger partial charge in [-0.05, 0) is 31.8 Å². The molecule has 0 saturated carbocycles. The maximum Gasteiger partial charge on any atom is 0.435 e. The van der Waals surface area contributed by atoms with Crippen molar-refractivity contribution in [3.8, 4) is 0 Å². The van der Waals surface area contributed by atoms with E-state index in [-0.39, 0.29) is 17.8 Å². The lowest BCUT2D eigenvalue weighted by atomic mass is 9.92. The largest absolute Gasteiger partial charge is 0.453 e. The Balaban J connectivity index is 3.53. The number of anilines is 1. The van der Waals surface area contributed by atoms with Gasteiger partial charge >= 0.3 is 24.1 Å². The fourth-order valence-electron chi connectivity index (χ4n) is 2.05. The molecule has 0 aliphatic carbocycles. The van der Waals surface area contributed by atoms with Gasteiger partial charge < -0.3 is 9.64 Å². The van der Waals surface area contributed by atoms with E-state index in [1.165, 1.54) is 19.0 Å². The van der Waals surface area contributed by atoms with Crippen LogP contribution in [0.25, 0.3) is 0 Å². The quantitative estimate of drug-likeness (QED) is 0.801. The van der Waals surface area contributed by atoms with Crippen LogP contribution in [0, 0.1) is 0 Å². The molecule has 0 atom stereocenters. The topological polar surface area (TPSA) is 41.6 Å². The fraction of sp³-hybridized carbons (Fsp3) is 0.500. The number of alkyl halides is 7. The molecule has 1 amide bonds. The number of methoxy groups -OCH3 is 1. The summed E-state index contributed by atoms with van der Waals surface area (Å²) in [6.45, 7) is -0.154. The Kier molecular flexibility index (Phi) is 5.93. The number of amides is 1. The van der Waals surface area contributed by atoms with E-state index in [2.05, 4.69) is 10.1 Å². The van der Waals surface area contributed by atoms with E-state index in [0.717, 1.165) is 13.2 Å². The standard InChI is InChI=1S/C14H15F7N2O2/c1-23(2)7-8-6-9(4-5-10(8)22-11(24)25-3)12(15,13(16,17)18)14(19,20)21/h4-6H,7H2,1-3H3,(H,22,24). The number of hydrogen-bond donors (Lipinski definition) is 1. The van der Waals surface area contributed by atoms with E-state index in [9.17, 15) is 35.5 Å². The van der Waals surface area contributed by atoms with Crippen LogP contribution in [-0.4, -0.2) is 44.6 Å². The van der Waals surface area contributed by atoms with Crippen molar-refractivity contribution in [2.45, 2.75) is 24.6 Å². The summed E-state index contributed by atoms with van der Waals surface area (Å²) < 4.78 is 95.6. The van der Waals surface area contributed by atoms with Crippen molar-refractivity contribution in [2.75, 3.05) is 26.5 Å². The molecule has 0 fully saturated rings. The second kappa shape index (κ2) is 7.06. The number of rotatable bonds is 4. The predicted molar refractivity (Wildman–Crippen MR) is 74.8 cm³/mol.